The number of aliphatic hydroxyl groups excluding tert-OH is 1. The van der Waals surface area contributed by atoms with Crippen molar-refractivity contribution in [3.05, 3.63) is 36.1 Å². The summed E-state index contributed by atoms with van der Waals surface area (Å²) in [6.07, 6.45) is 3.10. The molecule has 0 amide bonds. The van der Waals surface area contributed by atoms with E-state index in [0.717, 1.165) is 23.8 Å². The summed E-state index contributed by atoms with van der Waals surface area (Å²) < 4.78 is 11.3. The molecule has 2 aliphatic rings. The Morgan fingerprint density at radius 3 is 2.90 bits per heavy atom. The second-order valence-corrected chi connectivity index (χ2v) is 5.77. The molecule has 4 nitrogen and oxygen atoms in total. The van der Waals surface area contributed by atoms with E-state index < -0.39 is 11.5 Å². The molecule has 2 aromatic rings. The number of fused-ring (bicyclic) bond motifs is 3. The minimum absolute atomic E-state index is 0.118. The second-order valence-electron chi connectivity index (χ2n) is 5.77. The molecule has 0 saturated carbocycles. The number of furan rings is 1. The van der Waals surface area contributed by atoms with E-state index in [2.05, 4.69) is 6.07 Å². The molecule has 1 aromatic carbocycles. The van der Waals surface area contributed by atoms with Crippen LogP contribution in [0.3, 0.4) is 0 Å². The van der Waals surface area contributed by atoms with Crippen molar-refractivity contribution in [1.82, 2.24) is 0 Å². The van der Waals surface area contributed by atoms with Crippen molar-refractivity contribution in [1.29, 1.82) is 5.26 Å². The highest BCUT2D eigenvalue weighted by atomic mass is 16.5. The molecule has 0 radical (unpaired) electrons. The van der Waals surface area contributed by atoms with E-state index in [9.17, 15) is 10.4 Å². The summed E-state index contributed by atoms with van der Waals surface area (Å²) in [6, 6.07) is 9.92. The molecule has 3 heterocycles. The highest BCUT2D eigenvalue weighted by molar-refractivity contribution is 5.81. The normalized spacial score (nSPS) is 33.4. The Hall–Kier alpha value is -1.83. The number of nitrogens with zero attached hydrogens (tertiary/aromatic N) is 1. The molecule has 1 aromatic heterocycles. The summed E-state index contributed by atoms with van der Waals surface area (Å²) in [5.41, 5.74) is 0.590. The van der Waals surface area contributed by atoms with Crippen LogP contribution < -0.4 is 0 Å². The van der Waals surface area contributed by atoms with Gasteiger partial charge in [0.15, 0.2) is 0 Å². The number of nitriles is 1. The van der Waals surface area contributed by atoms with E-state index in [4.69, 9.17) is 9.15 Å². The number of rotatable bonds is 2. The molecule has 1 N–H and O–H groups in total. The topological polar surface area (TPSA) is 66.4 Å². The van der Waals surface area contributed by atoms with Crippen molar-refractivity contribution in [3.8, 4) is 6.07 Å². The number of hydrogen-bond acceptors (Lipinski definition) is 4. The number of ether oxygens (including phenoxy) is 1. The summed E-state index contributed by atoms with van der Waals surface area (Å²) in [6.45, 7) is 0. The minimum Gasteiger partial charge on any atom is -0.464 e. The fraction of sp³-hybridized carbons (Fsp3) is 0.438. The Morgan fingerprint density at radius 2 is 2.20 bits per heavy atom. The van der Waals surface area contributed by atoms with E-state index in [1.165, 1.54) is 0 Å². The SMILES string of the molecule is N#CC1(C(O)c2coc3ccccc23)CC2CCC1O2. The van der Waals surface area contributed by atoms with Gasteiger partial charge in [0.05, 0.1) is 24.5 Å². The standard InChI is InChI=1S/C16H15NO3/c17-9-16(7-10-5-6-14(16)20-10)15(18)12-8-19-13-4-2-1-3-11(12)13/h1-4,8,10,14-15,18H,5-7H2. The Labute approximate surface area is 116 Å². The van der Waals surface area contributed by atoms with Gasteiger partial charge in [-0.25, -0.2) is 0 Å². The molecular weight excluding hydrogens is 254 g/mol. The minimum atomic E-state index is -0.869. The number of aliphatic hydroxyl groups is 1. The lowest BCUT2D eigenvalue weighted by Gasteiger charge is -2.32. The van der Waals surface area contributed by atoms with Gasteiger partial charge in [0.2, 0.25) is 0 Å². The first-order valence-corrected chi connectivity index (χ1v) is 6.95. The summed E-state index contributed by atoms with van der Waals surface area (Å²) in [4.78, 5) is 0. The molecule has 102 valence electrons. The van der Waals surface area contributed by atoms with Crippen molar-refractivity contribution in [2.45, 2.75) is 37.6 Å². The first kappa shape index (κ1) is 12.0. The zero-order chi connectivity index (χ0) is 13.7. The third-order valence-corrected chi connectivity index (χ3v) is 4.75. The smallest absolute Gasteiger partial charge is 0.134 e. The zero-order valence-electron chi connectivity index (χ0n) is 11.0. The molecule has 4 atom stereocenters. The highest BCUT2D eigenvalue weighted by Gasteiger charge is 2.57. The van der Waals surface area contributed by atoms with Gasteiger partial charge in [-0.15, -0.1) is 0 Å². The maximum atomic E-state index is 10.8. The molecule has 0 spiro atoms. The van der Waals surface area contributed by atoms with Gasteiger partial charge in [-0.05, 0) is 25.3 Å². The lowest BCUT2D eigenvalue weighted by atomic mass is 9.69. The van der Waals surface area contributed by atoms with E-state index in [1.807, 2.05) is 24.3 Å². The van der Waals surface area contributed by atoms with Gasteiger partial charge in [0.1, 0.15) is 17.1 Å². The average Bonchev–Trinajstić information content (AvgIpc) is 3.19. The van der Waals surface area contributed by atoms with Crippen molar-refractivity contribution in [2.24, 2.45) is 5.41 Å². The molecule has 2 saturated heterocycles. The predicted octanol–water partition coefficient (Wildman–Crippen LogP) is 2.93. The van der Waals surface area contributed by atoms with Crippen LogP contribution >= 0.6 is 0 Å². The van der Waals surface area contributed by atoms with Crippen molar-refractivity contribution >= 4 is 11.0 Å². The van der Waals surface area contributed by atoms with Gasteiger partial charge in [-0.2, -0.15) is 5.26 Å². The second kappa shape index (κ2) is 4.08. The molecule has 20 heavy (non-hydrogen) atoms. The Balaban J connectivity index is 1.80. The third kappa shape index (κ3) is 1.42. The fourth-order valence-electron chi connectivity index (χ4n) is 3.70. The van der Waals surface area contributed by atoms with Crippen LogP contribution in [0.4, 0.5) is 0 Å². The lowest BCUT2D eigenvalue weighted by molar-refractivity contribution is 0.00379. The first-order valence-electron chi connectivity index (χ1n) is 6.95. The number of benzene rings is 1. The first-order chi connectivity index (χ1) is 9.74. The summed E-state index contributed by atoms with van der Waals surface area (Å²) in [5.74, 6) is 0. The Bertz CT molecular complexity index is 701. The number of hydrogen-bond donors (Lipinski definition) is 1. The third-order valence-electron chi connectivity index (χ3n) is 4.75. The van der Waals surface area contributed by atoms with Crippen LogP contribution in [0.15, 0.2) is 34.9 Å². The maximum absolute atomic E-state index is 10.8. The van der Waals surface area contributed by atoms with Crippen LogP contribution in [0, 0.1) is 16.7 Å². The molecule has 4 rings (SSSR count). The van der Waals surface area contributed by atoms with E-state index in [1.54, 1.807) is 6.26 Å². The Morgan fingerprint density at radius 1 is 1.35 bits per heavy atom. The van der Waals surface area contributed by atoms with Crippen molar-refractivity contribution < 1.29 is 14.3 Å². The van der Waals surface area contributed by atoms with Gasteiger partial charge in [0, 0.05) is 10.9 Å². The van der Waals surface area contributed by atoms with Crippen LogP contribution in [0.25, 0.3) is 11.0 Å². The molecule has 2 bridgehead atoms. The van der Waals surface area contributed by atoms with Crippen LogP contribution in [-0.2, 0) is 4.74 Å². The van der Waals surface area contributed by atoms with Gasteiger partial charge in [-0.1, -0.05) is 18.2 Å². The summed E-state index contributed by atoms with van der Waals surface area (Å²) in [5, 5.41) is 21.3. The monoisotopic (exact) mass is 269 g/mol. The zero-order valence-corrected chi connectivity index (χ0v) is 11.0. The Kier molecular flexibility index (Phi) is 2.44. The quantitative estimate of drug-likeness (QED) is 0.910. The molecule has 4 unspecified atom stereocenters. The lowest BCUT2D eigenvalue weighted by Crippen LogP contribution is -2.37. The molecule has 0 aliphatic carbocycles. The molecule has 2 aliphatic heterocycles. The highest BCUT2D eigenvalue weighted by Crippen LogP contribution is 2.54. The molecule has 2 fully saturated rings. The van der Waals surface area contributed by atoms with Gasteiger partial charge in [0.25, 0.3) is 0 Å². The van der Waals surface area contributed by atoms with Gasteiger partial charge < -0.3 is 14.3 Å². The predicted molar refractivity (Wildman–Crippen MR) is 71.7 cm³/mol. The van der Waals surface area contributed by atoms with Crippen molar-refractivity contribution in [2.75, 3.05) is 0 Å². The van der Waals surface area contributed by atoms with Crippen LogP contribution in [-0.4, -0.2) is 17.3 Å². The summed E-state index contributed by atoms with van der Waals surface area (Å²) >= 11 is 0. The van der Waals surface area contributed by atoms with E-state index in [-0.39, 0.29) is 12.2 Å². The maximum Gasteiger partial charge on any atom is 0.134 e. The summed E-state index contributed by atoms with van der Waals surface area (Å²) in [7, 11) is 0. The van der Waals surface area contributed by atoms with Crippen molar-refractivity contribution in [3.63, 3.8) is 0 Å². The van der Waals surface area contributed by atoms with E-state index in [0.29, 0.717) is 12.0 Å². The molecule has 4 heteroatoms. The van der Waals surface area contributed by atoms with Crippen LogP contribution in [0.5, 0.6) is 0 Å². The fourth-order valence-corrected chi connectivity index (χ4v) is 3.70. The largest absolute Gasteiger partial charge is 0.464 e. The van der Waals surface area contributed by atoms with Gasteiger partial charge >= 0.3 is 0 Å². The molecular formula is C16H15NO3. The van der Waals surface area contributed by atoms with E-state index >= 15 is 0 Å². The van der Waals surface area contributed by atoms with Crippen LogP contribution in [0.2, 0.25) is 0 Å². The van der Waals surface area contributed by atoms with Gasteiger partial charge in [-0.3, -0.25) is 0 Å². The average molecular weight is 269 g/mol. The number of para-hydroxylation sites is 1. The van der Waals surface area contributed by atoms with Crippen LogP contribution in [0.1, 0.15) is 30.9 Å².